The molecule has 1 aliphatic rings. The molecule has 0 spiro atoms. The second-order valence-electron chi connectivity index (χ2n) is 3.00. The summed E-state index contributed by atoms with van der Waals surface area (Å²) in [4.78, 5) is 0. The van der Waals surface area contributed by atoms with Crippen molar-refractivity contribution in [2.24, 2.45) is 5.84 Å². The standard InChI is InChI=1S/C8H16N2O/c1-3-7(10-9)8(11-2)5-4-6-8/h3,7,10H,1,4-6,9H2,2H3. The van der Waals surface area contributed by atoms with Gasteiger partial charge in [0.05, 0.1) is 11.6 Å². The number of methoxy groups -OCH3 is 1. The van der Waals surface area contributed by atoms with Gasteiger partial charge in [-0.3, -0.25) is 11.3 Å². The average molecular weight is 156 g/mol. The summed E-state index contributed by atoms with van der Waals surface area (Å²) < 4.78 is 5.40. The average Bonchev–Trinajstić information content (AvgIpc) is 1.96. The predicted molar refractivity (Wildman–Crippen MR) is 44.9 cm³/mol. The summed E-state index contributed by atoms with van der Waals surface area (Å²) in [6.07, 6.45) is 5.18. The highest BCUT2D eigenvalue weighted by Crippen LogP contribution is 2.38. The lowest BCUT2D eigenvalue weighted by Crippen LogP contribution is -2.57. The lowest BCUT2D eigenvalue weighted by molar-refractivity contribution is -0.0873. The van der Waals surface area contributed by atoms with Gasteiger partial charge < -0.3 is 4.74 Å². The third-order valence-corrected chi connectivity index (χ3v) is 2.59. The summed E-state index contributed by atoms with van der Waals surface area (Å²) in [5.74, 6) is 5.35. The highest BCUT2D eigenvalue weighted by Gasteiger charge is 2.42. The molecule has 0 aromatic rings. The molecule has 1 aliphatic carbocycles. The number of rotatable bonds is 4. The number of nitrogens with two attached hydrogens (primary N) is 1. The number of hydrogen-bond acceptors (Lipinski definition) is 3. The van der Waals surface area contributed by atoms with Crippen LogP contribution in [0.5, 0.6) is 0 Å². The first-order valence-corrected chi connectivity index (χ1v) is 3.93. The van der Waals surface area contributed by atoms with Crippen LogP contribution in [0.1, 0.15) is 19.3 Å². The van der Waals surface area contributed by atoms with Crippen molar-refractivity contribution < 1.29 is 4.74 Å². The Labute approximate surface area is 67.6 Å². The molecule has 0 bridgehead atoms. The van der Waals surface area contributed by atoms with Gasteiger partial charge >= 0.3 is 0 Å². The Kier molecular flexibility index (Phi) is 2.65. The first kappa shape index (κ1) is 8.71. The van der Waals surface area contributed by atoms with Gasteiger partial charge in [0.2, 0.25) is 0 Å². The van der Waals surface area contributed by atoms with E-state index in [4.69, 9.17) is 10.6 Å². The predicted octanol–water partition coefficient (Wildman–Crippen LogP) is 0.573. The van der Waals surface area contributed by atoms with Crippen molar-refractivity contribution in [2.75, 3.05) is 7.11 Å². The summed E-state index contributed by atoms with van der Waals surface area (Å²) in [6, 6.07) is 0.0845. The molecule has 3 heteroatoms. The topological polar surface area (TPSA) is 47.3 Å². The number of hydrazine groups is 1. The molecule has 11 heavy (non-hydrogen) atoms. The maximum Gasteiger partial charge on any atom is 0.0879 e. The molecule has 0 aliphatic heterocycles. The van der Waals surface area contributed by atoms with Gasteiger partial charge in [-0.2, -0.15) is 0 Å². The first-order chi connectivity index (χ1) is 5.29. The molecule has 0 radical (unpaired) electrons. The quantitative estimate of drug-likeness (QED) is 0.355. The molecule has 0 saturated heterocycles. The van der Waals surface area contributed by atoms with Crippen LogP contribution < -0.4 is 11.3 Å². The molecule has 1 fully saturated rings. The van der Waals surface area contributed by atoms with E-state index in [1.165, 1.54) is 6.42 Å². The summed E-state index contributed by atoms with van der Waals surface area (Å²) in [6.45, 7) is 3.71. The summed E-state index contributed by atoms with van der Waals surface area (Å²) in [5.41, 5.74) is 2.63. The molecular formula is C8H16N2O. The molecule has 1 saturated carbocycles. The molecule has 64 valence electrons. The van der Waals surface area contributed by atoms with Crippen molar-refractivity contribution in [3.8, 4) is 0 Å². The fourth-order valence-electron chi connectivity index (χ4n) is 1.60. The molecular weight excluding hydrogens is 140 g/mol. The third-order valence-electron chi connectivity index (χ3n) is 2.59. The Morgan fingerprint density at radius 1 is 1.73 bits per heavy atom. The third kappa shape index (κ3) is 1.31. The summed E-state index contributed by atoms with van der Waals surface area (Å²) in [7, 11) is 1.73. The number of ether oxygens (including phenoxy) is 1. The van der Waals surface area contributed by atoms with Gasteiger partial charge in [0.1, 0.15) is 0 Å². The zero-order valence-electron chi connectivity index (χ0n) is 6.97. The number of nitrogens with one attached hydrogen (secondary N) is 1. The zero-order valence-corrected chi connectivity index (χ0v) is 6.97. The normalized spacial score (nSPS) is 23.8. The molecule has 0 heterocycles. The molecule has 3 nitrogen and oxygen atoms in total. The van der Waals surface area contributed by atoms with Crippen LogP contribution in [-0.2, 0) is 4.74 Å². The van der Waals surface area contributed by atoms with Crippen LogP contribution in [-0.4, -0.2) is 18.8 Å². The second kappa shape index (κ2) is 3.34. The van der Waals surface area contributed by atoms with E-state index in [1.54, 1.807) is 7.11 Å². The van der Waals surface area contributed by atoms with Crippen LogP contribution >= 0.6 is 0 Å². The van der Waals surface area contributed by atoms with E-state index in [-0.39, 0.29) is 11.6 Å². The van der Waals surface area contributed by atoms with E-state index in [1.807, 2.05) is 6.08 Å². The van der Waals surface area contributed by atoms with E-state index in [0.717, 1.165) is 12.8 Å². The van der Waals surface area contributed by atoms with Gasteiger partial charge in [0.15, 0.2) is 0 Å². The van der Waals surface area contributed by atoms with Crippen LogP contribution in [0.25, 0.3) is 0 Å². The SMILES string of the molecule is C=CC(NN)C1(OC)CCC1. The van der Waals surface area contributed by atoms with E-state index in [2.05, 4.69) is 12.0 Å². The lowest BCUT2D eigenvalue weighted by atomic mass is 9.74. The van der Waals surface area contributed by atoms with Crippen molar-refractivity contribution in [1.82, 2.24) is 5.43 Å². The monoisotopic (exact) mass is 156 g/mol. The molecule has 1 unspecified atom stereocenters. The lowest BCUT2D eigenvalue weighted by Gasteiger charge is -2.45. The minimum Gasteiger partial charge on any atom is -0.376 e. The van der Waals surface area contributed by atoms with Gasteiger partial charge in [-0.05, 0) is 19.3 Å². The highest BCUT2D eigenvalue weighted by molar-refractivity contribution is 5.06. The van der Waals surface area contributed by atoms with E-state index >= 15 is 0 Å². The molecule has 1 rings (SSSR count). The highest BCUT2D eigenvalue weighted by atomic mass is 16.5. The maximum atomic E-state index is 5.40. The van der Waals surface area contributed by atoms with Gasteiger partial charge in [-0.15, -0.1) is 6.58 Å². The van der Waals surface area contributed by atoms with Crippen LogP contribution in [0.4, 0.5) is 0 Å². The smallest absolute Gasteiger partial charge is 0.0879 e. The fourth-order valence-corrected chi connectivity index (χ4v) is 1.60. The van der Waals surface area contributed by atoms with E-state index < -0.39 is 0 Å². The largest absolute Gasteiger partial charge is 0.376 e. The Morgan fingerprint density at radius 3 is 2.45 bits per heavy atom. The second-order valence-corrected chi connectivity index (χ2v) is 3.00. The van der Waals surface area contributed by atoms with Crippen molar-refractivity contribution in [3.63, 3.8) is 0 Å². The van der Waals surface area contributed by atoms with E-state index in [0.29, 0.717) is 0 Å². The first-order valence-electron chi connectivity index (χ1n) is 3.93. The molecule has 0 amide bonds. The van der Waals surface area contributed by atoms with Crippen molar-refractivity contribution in [2.45, 2.75) is 30.9 Å². The molecule has 0 aromatic heterocycles. The van der Waals surface area contributed by atoms with Crippen LogP contribution in [0.2, 0.25) is 0 Å². The molecule has 3 N–H and O–H groups in total. The minimum absolute atomic E-state index is 0.0729. The Bertz CT molecular complexity index is 138. The minimum atomic E-state index is -0.0729. The van der Waals surface area contributed by atoms with Crippen LogP contribution in [0, 0.1) is 0 Å². The van der Waals surface area contributed by atoms with Gasteiger partial charge in [-0.25, -0.2) is 0 Å². The van der Waals surface area contributed by atoms with E-state index in [9.17, 15) is 0 Å². The summed E-state index contributed by atoms with van der Waals surface area (Å²) in [5, 5.41) is 0. The number of hydrogen-bond donors (Lipinski definition) is 2. The van der Waals surface area contributed by atoms with Gasteiger partial charge in [-0.1, -0.05) is 6.08 Å². The molecule has 0 aromatic carbocycles. The van der Waals surface area contributed by atoms with Crippen molar-refractivity contribution in [3.05, 3.63) is 12.7 Å². The Hall–Kier alpha value is -0.380. The maximum absolute atomic E-state index is 5.40. The van der Waals surface area contributed by atoms with Gasteiger partial charge in [0, 0.05) is 7.11 Å². The van der Waals surface area contributed by atoms with Gasteiger partial charge in [0.25, 0.3) is 0 Å². The van der Waals surface area contributed by atoms with Crippen LogP contribution in [0.15, 0.2) is 12.7 Å². The summed E-state index contributed by atoms with van der Waals surface area (Å²) >= 11 is 0. The zero-order chi connectivity index (χ0) is 8.32. The Balaban J connectivity index is 2.58. The Morgan fingerprint density at radius 2 is 2.36 bits per heavy atom. The molecule has 1 atom stereocenters. The fraction of sp³-hybridized carbons (Fsp3) is 0.750. The van der Waals surface area contributed by atoms with Crippen molar-refractivity contribution >= 4 is 0 Å². The van der Waals surface area contributed by atoms with Crippen LogP contribution in [0.3, 0.4) is 0 Å². The van der Waals surface area contributed by atoms with Crippen molar-refractivity contribution in [1.29, 1.82) is 0 Å².